The molecule has 0 radical (unpaired) electrons. The zero-order valence-electron chi connectivity index (χ0n) is 16.0. The van der Waals surface area contributed by atoms with Gasteiger partial charge in [-0.05, 0) is 46.9 Å². The smallest absolute Gasteiger partial charge is 0.257 e. The van der Waals surface area contributed by atoms with Crippen LogP contribution in [0.2, 0.25) is 0 Å². The zero-order valence-corrected chi connectivity index (χ0v) is 16.0. The molecule has 1 aromatic rings. The number of fused-ring (bicyclic) bond motifs is 1. The molecule has 0 N–H and O–H groups in total. The molecule has 6 nitrogen and oxygen atoms in total. The van der Waals surface area contributed by atoms with Gasteiger partial charge in [0.15, 0.2) is 0 Å². The van der Waals surface area contributed by atoms with Gasteiger partial charge in [0.05, 0.1) is 18.3 Å². The first kappa shape index (κ1) is 18.4. The number of hydrogen-bond acceptors (Lipinski definition) is 5. The van der Waals surface area contributed by atoms with Gasteiger partial charge in [-0.2, -0.15) is 0 Å². The summed E-state index contributed by atoms with van der Waals surface area (Å²) < 4.78 is 11.6. The summed E-state index contributed by atoms with van der Waals surface area (Å²) in [5.41, 5.74) is 0.702. The number of carbonyl (C=O) groups excluding carboxylic acids is 1. The Labute approximate surface area is 150 Å². The van der Waals surface area contributed by atoms with E-state index in [4.69, 9.17) is 9.15 Å². The Morgan fingerprint density at radius 2 is 2.00 bits per heavy atom. The van der Waals surface area contributed by atoms with Crippen molar-refractivity contribution in [2.45, 2.75) is 38.8 Å². The molecule has 0 saturated carbocycles. The van der Waals surface area contributed by atoms with Gasteiger partial charge in [-0.3, -0.25) is 9.69 Å². The Morgan fingerprint density at radius 3 is 2.68 bits per heavy atom. The number of furan rings is 1. The number of carbonyl (C=O) groups is 1. The van der Waals surface area contributed by atoms with E-state index < -0.39 is 0 Å². The van der Waals surface area contributed by atoms with Crippen LogP contribution in [-0.2, 0) is 4.74 Å². The largest absolute Gasteiger partial charge is 0.466 e. The Bertz CT molecular complexity index is 599. The van der Waals surface area contributed by atoms with Crippen LogP contribution in [0.15, 0.2) is 10.5 Å². The fourth-order valence-electron chi connectivity index (χ4n) is 3.98. The molecule has 25 heavy (non-hydrogen) atoms. The van der Waals surface area contributed by atoms with E-state index >= 15 is 0 Å². The maximum absolute atomic E-state index is 12.9. The number of rotatable bonds is 4. The van der Waals surface area contributed by atoms with Crippen molar-refractivity contribution in [2.75, 3.05) is 53.4 Å². The number of ether oxygens (including phenoxy) is 1. The number of morpholine rings is 1. The third-order valence-corrected chi connectivity index (χ3v) is 5.38. The van der Waals surface area contributed by atoms with E-state index in [0.717, 1.165) is 57.9 Å². The average Bonchev–Trinajstić information content (AvgIpc) is 2.79. The second-order valence-electron chi connectivity index (χ2n) is 7.51. The van der Waals surface area contributed by atoms with E-state index in [1.54, 1.807) is 0 Å². The minimum atomic E-state index is 0.0906. The van der Waals surface area contributed by atoms with Crippen molar-refractivity contribution < 1.29 is 13.9 Å². The second kappa shape index (κ2) is 7.89. The molecule has 0 bridgehead atoms. The Hall–Kier alpha value is -1.37. The number of nitrogens with zero attached hydrogens (tertiary/aromatic N) is 3. The molecule has 0 aromatic carbocycles. The summed E-state index contributed by atoms with van der Waals surface area (Å²) in [6.07, 6.45) is 2.12. The maximum atomic E-state index is 12.9. The normalized spacial score (nSPS) is 25.1. The fourth-order valence-corrected chi connectivity index (χ4v) is 3.98. The van der Waals surface area contributed by atoms with Gasteiger partial charge in [0, 0.05) is 38.8 Å². The summed E-state index contributed by atoms with van der Waals surface area (Å²) in [4.78, 5) is 19.6. The molecule has 3 rings (SSSR count). The molecule has 3 heterocycles. The van der Waals surface area contributed by atoms with Crippen molar-refractivity contribution >= 4 is 5.91 Å². The van der Waals surface area contributed by atoms with Crippen LogP contribution < -0.4 is 0 Å². The fraction of sp³-hybridized carbons (Fsp3) is 0.737. The third kappa shape index (κ3) is 4.25. The molecular weight excluding hydrogens is 318 g/mol. The first-order chi connectivity index (χ1) is 12.0. The highest BCUT2D eigenvalue weighted by Crippen LogP contribution is 2.25. The van der Waals surface area contributed by atoms with Crippen LogP contribution in [0.4, 0.5) is 0 Å². The maximum Gasteiger partial charge on any atom is 0.257 e. The molecule has 2 fully saturated rings. The van der Waals surface area contributed by atoms with Crippen LogP contribution in [0, 0.1) is 13.8 Å². The molecule has 2 aliphatic rings. The van der Waals surface area contributed by atoms with Gasteiger partial charge in [-0.15, -0.1) is 0 Å². The van der Waals surface area contributed by atoms with Crippen molar-refractivity contribution in [1.29, 1.82) is 0 Å². The number of amides is 1. The van der Waals surface area contributed by atoms with E-state index in [0.29, 0.717) is 17.4 Å². The first-order valence-corrected chi connectivity index (χ1v) is 9.32. The molecule has 2 saturated heterocycles. The highest BCUT2D eigenvalue weighted by atomic mass is 16.5. The molecule has 0 spiro atoms. The summed E-state index contributed by atoms with van der Waals surface area (Å²) in [6.45, 7) is 9.19. The predicted octanol–water partition coefficient (Wildman–Crippen LogP) is 1.76. The van der Waals surface area contributed by atoms with Crippen LogP contribution in [0.3, 0.4) is 0 Å². The van der Waals surface area contributed by atoms with Crippen molar-refractivity contribution in [2.24, 2.45) is 0 Å². The van der Waals surface area contributed by atoms with E-state index in [-0.39, 0.29) is 12.0 Å². The van der Waals surface area contributed by atoms with Crippen LogP contribution >= 0.6 is 0 Å². The lowest BCUT2D eigenvalue weighted by Gasteiger charge is -2.40. The Morgan fingerprint density at radius 1 is 1.24 bits per heavy atom. The number of hydrogen-bond donors (Lipinski definition) is 0. The predicted molar refractivity (Wildman–Crippen MR) is 97.0 cm³/mol. The monoisotopic (exact) mass is 349 g/mol. The molecule has 0 aliphatic carbocycles. The molecular formula is C19H31N3O3. The van der Waals surface area contributed by atoms with Crippen molar-refractivity contribution in [3.8, 4) is 0 Å². The second-order valence-corrected chi connectivity index (χ2v) is 7.51. The van der Waals surface area contributed by atoms with Gasteiger partial charge < -0.3 is 19.0 Å². The van der Waals surface area contributed by atoms with Crippen LogP contribution in [-0.4, -0.2) is 86.2 Å². The van der Waals surface area contributed by atoms with E-state index in [1.165, 1.54) is 0 Å². The third-order valence-electron chi connectivity index (χ3n) is 5.38. The highest BCUT2D eigenvalue weighted by molar-refractivity contribution is 5.95. The number of likely N-dealkylation sites (tertiary alicyclic amines) is 1. The SMILES string of the molecule is Cc1cc(C(=O)N2CC[C@H]3OCCN(CCN(C)C)[C@H]3CC2)c(C)o1. The van der Waals surface area contributed by atoms with Gasteiger partial charge in [-0.25, -0.2) is 0 Å². The summed E-state index contributed by atoms with van der Waals surface area (Å²) in [6, 6.07) is 2.27. The van der Waals surface area contributed by atoms with Gasteiger partial charge in [0.25, 0.3) is 5.91 Å². The molecule has 2 atom stereocenters. The van der Waals surface area contributed by atoms with Crippen molar-refractivity contribution in [3.05, 3.63) is 23.2 Å². The van der Waals surface area contributed by atoms with Gasteiger partial charge in [0.2, 0.25) is 0 Å². The topological polar surface area (TPSA) is 49.2 Å². The van der Waals surface area contributed by atoms with Gasteiger partial charge >= 0.3 is 0 Å². The summed E-state index contributed by atoms with van der Waals surface area (Å²) in [5, 5.41) is 0. The van der Waals surface area contributed by atoms with Crippen LogP contribution in [0.25, 0.3) is 0 Å². The lowest BCUT2D eigenvalue weighted by molar-refractivity contribution is -0.0724. The molecule has 0 unspecified atom stereocenters. The molecule has 1 amide bonds. The Kier molecular flexibility index (Phi) is 5.81. The molecule has 1 aromatic heterocycles. The van der Waals surface area contributed by atoms with E-state index in [2.05, 4.69) is 23.9 Å². The summed E-state index contributed by atoms with van der Waals surface area (Å²) >= 11 is 0. The molecule has 6 heteroatoms. The highest BCUT2D eigenvalue weighted by Gasteiger charge is 2.36. The summed E-state index contributed by atoms with van der Waals surface area (Å²) in [7, 11) is 4.22. The van der Waals surface area contributed by atoms with Crippen molar-refractivity contribution in [3.63, 3.8) is 0 Å². The van der Waals surface area contributed by atoms with E-state index in [1.807, 2.05) is 24.8 Å². The van der Waals surface area contributed by atoms with Crippen molar-refractivity contribution in [1.82, 2.24) is 14.7 Å². The standard InChI is InChI=1S/C19H31N3O3/c1-14-13-16(15(2)25-14)19(23)22-7-5-17-18(6-8-22)24-12-11-21(17)10-9-20(3)4/h13,17-18H,5-12H2,1-4H3/t17-,18+/m0/s1. The molecule has 140 valence electrons. The summed E-state index contributed by atoms with van der Waals surface area (Å²) in [5.74, 6) is 1.60. The van der Waals surface area contributed by atoms with Gasteiger partial charge in [0.1, 0.15) is 11.5 Å². The first-order valence-electron chi connectivity index (χ1n) is 9.32. The quantitative estimate of drug-likeness (QED) is 0.829. The lowest BCUT2D eigenvalue weighted by atomic mass is 10.0. The Balaban J connectivity index is 1.66. The van der Waals surface area contributed by atoms with Gasteiger partial charge in [-0.1, -0.05) is 0 Å². The minimum Gasteiger partial charge on any atom is -0.466 e. The lowest BCUT2D eigenvalue weighted by Crippen LogP contribution is -2.52. The average molecular weight is 349 g/mol. The number of likely N-dealkylation sites (N-methyl/N-ethyl adjacent to an activating group) is 1. The van der Waals surface area contributed by atoms with Crippen LogP contribution in [0.1, 0.15) is 34.7 Å². The number of aryl methyl sites for hydroxylation is 2. The zero-order chi connectivity index (χ0) is 18.0. The van der Waals surface area contributed by atoms with E-state index in [9.17, 15) is 4.79 Å². The molecule has 2 aliphatic heterocycles. The van der Waals surface area contributed by atoms with Crippen LogP contribution in [0.5, 0.6) is 0 Å². The minimum absolute atomic E-state index is 0.0906.